The molecule has 23 heavy (non-hydrogen) atoms. The van der Waals surface area contributed by atoms with Crippen molar-refractivity contribution in [3.05, 3.63) is 0 Å². The van der Waals surface area contributed by atoms with Crippen LogP contribution in [0.1, 0.15) is 51.4 Å². The fraction of sp³-hybridized carbons (Fsp3) is 0.882. The highest BCUT2D eigenvalue weighted by molar-refractivity contribution is 5.83. The monoisotopic (exact) mass is 325 g/mol. The fourth-order valence-electron chi connectivity index (χ4n) is 3.61. The molecule has 1 heterocycles. The molecule has 2 rings (SSSR count). The van der Waals surface area contributed by atoms with Crippen LogP contribution in [-0.2, 0) is 9.59 Å². The topological polar surface area (TPSA) is 81.7 Å². The van der Waals surface area contributed by atoms with Gasteiger partial charge in [0.25, 0.3) is 0 Å². The van der Waals surface area contributed by atoms with Gasteiger partial charge in [-0.1, -0.05) is 12.8 Å². The molecule has 0 radical (unpaired) electrons. The zero-order valence-electron chi connectivity index (χ0n) is 14.1. The molecule has 2 amide bonds. The van der Waals surface area contributed by atoms with Crippen molar-refractivity contribution in [3.63, 3.8) is 0 Å². The van der Waals surface area contributed by atoms with Crippen LogP contribution in [0.25, 0.3) is 0 Å². The summed E-state index contributed by atoms with van der Waals surface area (Å²) >= 11 is 0. The molecule has 1 saturated heterocycles. The molecular formula is C17H31N3O3. The average molecular weight is 325 g/mol. The van der Waals surface area contributed by atoms with Crippen LogP contribution in [0.5, 0.6) is 0 Å². The largest absolute Gasteiger partial charge is 0.395 e. The molecule has 3 N–H and O–H groups in total. The first kappa shape index (κ1) is 18.2. The number of β-amino-alcohol motifs (C(OH)–C–C–N with tert-alkyl or cyclic N) is 1. The lowest BCUT2D eigenvalue weighted by molar-refractivity contribution is -0.126. The van der Waals surface area contributed by atoms with Gasteiger partial charge in [0.05, 0.1) is 6.61 Å². The predicted molar refractivity (Wildman–Crippen MR) is 88.9 cm³/mol. The van der Waals surface area contributed by atoms with Crippen molar-refractivity contribution in [2.45, 2.75) is 57.4 Å². The van der Waals surface area contributed by atoms with Crippen molar-refractivity contribution in [1.82, 2.24) is 15.5 Å². The third-order valence-corrected chi connectivity index (χ3v) is 4.91. The Hall–Kier alpha value is -1.14. The van der Waals surface area contributed by atoms with Crippen molar-refractivity contribution in [2.24, 2.45) is 5.92 Å². The summed E-state index contributed by atoms with van der Waals surface area (Å²) in [7, 11) is 0. The number of amides is 2. The molecule has 0 unspecified atom stereocenters. The summed E-state index contributed by atoms with van der Waals surface area (Å²) in [5.74, 6) is 0.413. The molecule has 2 aliphatic rings. The molecule has 1 atom stereocenters. The van der Waals surface area contributed by atoms with Gasteiger partial charge in [0.2, 0.25) is 11.8 Å². The molecule has 132 valence electrons. The van der Waals surface area contributed by atoms with Crippen molar-refractivity contribution >= 4 is 11.8 Å². The smallest absolute Gasteiger partial charge is 0.220 e. The lowest BCUT2D eigenvalue weighted by Crippen LogP contribution is -2.42. The molecule has 1 aliphatic heterocycles. The average Bonchev–Trinajstić information content (AvgIpc) is 3.04. The maximum Gasteiger partial charge on any atom is 0.220 e. The Morgan fingerprint density at radius 3 is 2.52 bits per heavy atom. The van der Waals surface area contributed by atoms with Crippen molar-refractivity contribution in [3.8, 4) is 0 Å². The number of hydrogen-bond donors (Lipinski definition) is 3. The Bertz CT molecular complexity index is 381. The third kappa shape index (κ3) is 6.87. The van der Waals surface area contributed by atoms with Gasteiger partial charge in [0.15, 0.2) is 0 Å². The minimum atomic E-state index is -0.0362. The number of rotatable bonds is 8. The zero-order chi connectivity index (χ0) is 16.5. The van der Waals surface area contributed by atoms with Crippen LogP contribution in [0.15, 0.2) is 0 Å². The van der Waals surface area contributed by atoms with Crippen molar-refractivity contribution in [2.75, 3.05) is 32.8 Å². The van der Waals surface area contributed by atoms with E-state index in [0.29, 0.717) is 25.0 Å². The Kier molecular flexibility index (Phi) is 7.82. The number of nitrogens with one attached hydrogen (secondary N) is 2. The van der Waals surface area contributed by atoms with E-state index in [2.05, 4.69) is 15.5 Å². The minimum absolute atomic E-state index is 0.00108. The van der Waals surface area contributed by atoms with E-state index in [4.69, 9.17) is 5.11 Å². The van der Waals surface area contributed by atoms with Gasteiger partial charge >= 0.3 is 0 Å². The van der Waals surface area contributed by atoms with Crippen LogP contribution >= 0.6 is 0 Å². The molecule has 0 aromatic carbocycles. The highest BCUT2D eigenvalue weighted by Gasteiger charge is 2.20. The van der Waals surface area contributed by atoms with Gasteiger partial charge in [-0.25, -0.2) is 0 Å². The van der Waals surface area contributed by atoms with Gasteiger partial charge in [0.1, 0.15) is 0 Å². The molecule has 0 bridgehead atoms. The van der Waals surface area contributed by atoms with Crippen LogP contribution in [0.2, 0.25) is 0 Å². The number of carbonyl (C=O) groups is 2. The maximum atomic E-state index is 11.9. The van der Waals surface area contributed by atoms with E-state index in [9.17, 15) is 9.59 Å². The molecule has 2 fully saturated rings. The van der Waals surface area contributed by atoms with Gasteiger partial charge in [-0.3, -0.25) is 9.59 Å². The molecule has 0 spiro atoms. The minimum Gasteiger partial charge on any atom is -0.395 e. The third-order valence-electron chi connectivity index (χ3n) is 4.91. The molecule has 0 aromatic heterocycles. The standard InChI is InChI=1S/C17H31N3O3/c21-11-10-20-9-3-4-14(13-20)12-18-16(22)7-8-17(23)19-15-5-1-2-6-15/h14-15,21H,1-13H2,(H,18,22)(H,19,23)/t14-/m1/s1. The number of aliphatic hydroxyl groups is 1. The first-order chi connectivity index (χ1) is 11.2. The highest BCUT2D eigenvalue weighted by Crippen LogP contribution is 2.18. The SMILES string of the molecule is O=C(CCC(=O)NC1CCCC1)NC[C@H]1CCCN(CCO)C1. The number of likely N-dealkylation sites (tertiary alicyclic amines) is 1. The van der Waals surface area contributed by atoms with E-state index >= 15 is 0 Å². The Morgan fingerprint density at radius 1 is 1.04 bits per heavy atom. The first-order valence-electron chi connectivity index (χ1n) is 9.06. The Morgan fingerprint density at radius 2 is 1.78 bits per heavy atom. The molecule has 6 nitrogen and oxygen atoms in total. The van der Waals surface area contributed by atoms with Crippen LogP contribution in [-0.4, -0.2) is 60.6 Å². The number of aliphatic hydroxyl groups excluding tert-OH is 1. The van der Waals surface area contributed by atoms with Gasteiger partial charge in [0, 0.05) is 38.5 Å². The summed E-state index contributed by atoms with van der Waals surface area (Å²) in [4.78, 5) is 25.9. The first-order valence-corrected chi connectivity index (χ1v) is 9.06. The van der Waals surface area contributed by atoms with E-state index in [1.165, 1.54) is 12.8 Å². The second kappa shape index (κ2) is 9.88. The van der Waals surface area contributed by atoms with E-state index in [-0.39, 0.29) is 31.3 Å². The summed E-state index contributed by atoms with van der Waals surface area (Å²) < 4.78 is 0. The summed E-state index contributed by atoms with van der Waals surface area (Å²) in [6.07, 6.45) is 7.32. The van der Waals surface area contributed by atoms with Gasteiger partial charge in [-0.2, -0.15) is 0 Å². The van der Waals surface area contributed by atoms with Crippen molar-refractivity contribution in [1.29, 1.82) is 0 Å². The van der Waals surface area contributed by atoms with Crippen molar-refractivity contribution < 1.29 is 14.7 Å². The number of nitrogens with zero attached hydrogens (tertiary/aromatic N) is 1. The van der Waals surface area contributed by atoms with Gasteiger partial charge in [-0.05, 0) is 38.1 Å². The number of piperidine rings is 1. The van der Waals surface area contributed by atoms with E-state index in [1.807, 2.05) is 0 Å². The maximum absolute atomic E-state index is 11.9. The molecule has 1 aliphatic carbocycles. The van der Waals surface area contributed by atoms with Crippen LogP contribution in [0.3, 0.4) is 0 Å². The van der Waals surface area contributed by atoms with Gasteiger partial charge < -0.3 is 20.6 Å². The zero-order valence-corrected chi connectivity index (χ0v) is 14.1. The fourth-order valence-corrected chi connectivity index (χ4v) is 3.61. The lowest BCUT2D eigenvalue weighted by atomic mass is 9.98. The molecule has 6 heteroatoms. The van der Waals surface area contributed by atoms with E-state index in [1.54, 1.807) is 0 Å². The van der Waals surface area contributed by atoms with Gasteiger partial charge in [-0.15, -0.1) is 0 Å². The second-order valence-electron chi connectivity index (χ2n) is 6.89. The Labute approximate surface area is 139 Å². The molecular weight excluding hydrogens is 294 g/mol. The predicted octanol–water partition coefficient (Wildman–Crippen LogP) is 0.646. The number of hydrogen-bond acceptors (Lipinski definition) is 4. The van der Waals surface area contributed by atoms with E-state index < -0.39 is 0 Å². The summed E-state index contributed by atoms with van der Waals surface area (Å²) in [5.41, 5.74) is 0. The quantitative estimate of drug-likeness (QED) is 0.612. The summed E-state index contributed by atoms with van der Waals surface area (Å²) in [5, 5.41) is 15.0. The lowest BCUT2D eigenvalue weighted by Gasteiger charge is -2.32. The van der Waals surface area contributed by atoms with Crippen LogP contribution in [0.4, 0.5) is 0 Å². The molecule has 1 saturated carbocycles. The van der Waals surface area contributed by atoms with Crippen LogP contribution < -0.4 is 10.6 Å². The summed E-state index contributed by atoms with van der Waals surface area (Å²) in [6, 6.07) is 0.324. The summed E-state index contributed by atoms with van der Waals surface area (Å²) in [6.45, 7) is 3.54. The highest BCUT2D eigenvalue weighted by atomic mass is 16.3. The van der Waals surface area contributed by atoms with E-state index in [0.717, 1.165) is 38.8 Å². The Balaban J connectivity index is 1.56. The normalized spacial score (nSPS) is 22.9. The van der Waals surface area contributed by atoms with Crippen LogP contribution in [0, 0.1) is 5.92 Å². The molecule has 0 aromatic rings. The second-order valence-corrected chi connectivity index (χ2v) is 6.89. The number of carbonyl (C=O) groups excluding carboxylic acids is 2.